The molecular formula is C10H15IN2O2S. The van der Waals surface area contributed by atoms with E-state index in [9.17, 15) is 8.42 Å². The molecule has 4 nitrogen and oxygen atoms in total. The lowest BCUT2D eigenvalue weighted by molar-refractivity contribution is 0.542. The van der Waals surface area contributed by atoms with E-state index >= 15 is 0 Å². The van der Waals surface area contributed by atoms with E-state index < -0.39 is 10.0 Å². The van der Waals surface area contributed by atoms with Gasteiger partial charge in [0.25, 0.3) is 0 Å². The average molecular weight is 354 g/mol. The van der Waals surface area contributed by atoms with E-state index in [2.05, 4.69) is 27.3 Å². The minimum atomic E-state index is -3.43. The van der Waals surface area contributed by atoms with E-state index in [1.807, 2.05) is 6.92 Å². The topological polar surface area (TPSA) is 72.2 Å². The number of rotatable bonds is 5. The molecule has 0 radical (unpaired) electrons. The Bertz CT molecular complexity index is 427. The van der Waals surface area contributed by atoms with Gasteiger partial charge in [-0.25, -0.2) is 13.1 Å². The lowest BCUT2D eigenvalue weighted by atomic mass is 10.2. The zero-order chi connectivity index (χ0) is 12.2. The van der Waals surface area contributed by atoms with Crippen molar-refractivity contribution in [2.24, 2.45) is 5.73 Å². The lowest BCUT2D eigenvalue weighted by Gasteiger charge is -2.14. The van der Waals surface area contributed by atoms with Gasteiger partial charge in [0.1, 0.15) is 0 Å². The number of hydrogen-bond donors (Lipinski definition) is 2. The van der Waals surface area contributed by atoms with Gasteiger partial charge in [0, 0.05) is 16.2 Å². The van der Waals surface area contributed by atoms with E-state index in [4.69, 9.17) is 5.73 Å². The molecule has 0 aliphatic heterocycles. The van der Waals surface area contributed by atoms with Crippen molar-refractivity contribution in [2.75, 3.05) is 6.54 Å². The van der Waals surface area contributed by atoms with Gasteiger partial charge in [-0.3, -0.25) is 0 Å². The molecule has 0 aromatic heterocycles. The lowest BCUT2D eigenvalue weighted by Crippen LogP contribution is -2.39. The molecule has 0 saturated heterocycles. The quantitative estimate of drug-likeness (QED) is 0.784. The standard InChI is InChI=1S/C10H15IN2O2S/c1-2-9(7-12)13-16(14,15)10-5-3-8(11)4-6-10/h3-6,9,13H,2,7,12H2,1H3. The second kappa shape index (κ2) is 5.95. The van der Waals surface area contributed by atoms with Crippen molar-refractivity contribution in [2.45, 2.75) is 24.3 Å². The Hall–Kier alpha value is -0.180. The van der Waals surface area contributed by atoms with Crippen LogP contribution in [0.2, 0.25) is 0 Å². The van der Waals surface area contributed by atoms with Crippen molar-refractivity contribution in [1.29, 1.82) is 0 Å². The molecule has 1 aromatic carbocycles. The van der Waals surface area contributed by atoms with E-state index in [0.717, 1.165) is 3.57 Å². The molecule has 0 bridgehead atoms. The minimum absolute atomic E-state index is 0.204. The van der Waals surface area contributed by atoms with Crippen LogP contribution in [-0.4, -0.2) is 21.0 Å². The number of halogens is 1. The first-order valence-electron chi connectivity index (χ1n) is 4.97. The number of nitrogens with two attached hydrogens (primary N) is 1. The van der Waals surface area contributed by atoms with E-state index in [0.29, 0.717) is 13.0 Å². The molecule has 0 aliphatic rings. The predicted molar refractivity (Wildman–Crippen MR) is 72.6 cm³/mol. The Morgan fingerprint density at radius 2 is 1.94 bits per heavy atom. The third-order valence-electron chi connectivity index (χ3n) is 2.22. The van der Waals surface area contributed by atoms with Crippen LogP contribution in [0.25, 0.3) is 0 Å². The predicted octanol–water partition coefficient (Wildman–Crippen LogP) is 1.31. The van der Waals surface area contributed by atoms with Crippen LogP contribution < -0.4 is 10.5 Å². The maximum Gasteiger partial charge on any atom is 0.240 e. The van der Waals surface area contributed by atoms with Crippen LogP contribution >= 0.6 is 22.6 Å². The molecule has 0 aliphatic carbocycles. The third-order valence-corrected chi connectivity index (χ3v) is 4.48. The highest BCUT2D eigenvalue weighted by Crippen LogP contribution is 2.12. The summed E-state index contributed by atoms with van der Waals surface area (Å²) >= 11 is 2.13. The summed E-state index contributed by atoms with van der Waals surface area (Å²) in [7, 11) is -3.43. The fourth-order valence-corrected chi connectivity index (χ4v) is 2.89. The van der Waals surface area contributed by atoms with Crippen molar-refractivity contribution in [3.05, 3.63) is 27.8 Å². The second-order valence-corrected chi connectivity index (χ2v) is 6.38. The van der Waals surface area contributed by atoms with Crippen molar-refractivity contribution < 1.29 is 8.42 Å². The largest absolute Gasteiger partial charge is 0.329 e. The number of sulfonamides is 1. The molecule has 1 atom stereocenters. The van der Waals surface area contributed by atoms with Gasteiger partial charge >= 0.3 is 0 Å². The molecule has 0 saturated carbocycles. The fourth-order valence-electron chi connectivity index (χ4n) is 1.20. The molecule has 0 fully saturated rings. The van der Waals surface area contributed by atoms with Crippen molar-refractivity contribution in [3.8, 4) is 0 Å². The highest BCUT2D eigenvalue weighted by Gasteiger charge is 2.17. The van der Waals surface area contributed by atoms with Gasteiger partial charge in [-0.15, -0.1) is 0 Å². The summed E-state index contributed by atoms with van der Waals surface area (Å²) in [5, 5.41) is 0. The molecule has 0 amide bonds. The zero-order valence-electron chi connectivity index (χ0n) is 8.98. The van der Waals surface area contributed by atoms with Crippen LogP contribution in [0.3, 0.4) is 0 Å². The summed E-state index contributed by atoms with van der Waals surface area (Å²) in [6.45, 7) is 2.20. The van der Waals surface area contributed by atoms with Crippen LogP contribution in [0.4, 0.5) is 0 Å². The highest BCUT2D eigenvalue weighted by molar-refractivity contribution is 14.1. The van der Waals surface area contributed by atoms with Crippen LogP contribution in [0.1, 0.15) is 13.3 Å². The van der Waals surface area contributed by atoms with Crippen LogP contribution in [-0.2, 0) is 10.0 Å². The van der Waals surface area contributed by atoms with Crippen molar-refractivity contribution in [3.63, 3.8) is 0 Å². The molecule has 0 spiro atoms. The summed E-state index contributed by atoms with van der Waals surface area (Å²) in [6.07, 6.45) is 0.681. The Labute approximate surface area is 110 Å². The normalized spacial score (nSPS) is 13.7. The SMILES string of the molecule is CCC(CN)NS(=O)(=O)c1ccc(I)cc1. The second-order valence-electron chi connectivity index (χ2n) is 3.42. The van der Waals surface area contributed by atoms with Gasteiger partial charge in [0.05, 0.1) is 4.90 Å². The van der Waals surface area contributed by atoms with E-state index in [1.54, 1.807) is 24.3 Å². The monoisotopic (exact) mass is 354 g/mol. The van der Waals surface area contributed by atoms with Gasteiger partial charge in [-0.05, 0) is 53.3 Å². The molecule has 6 heteroatoms. The maximum atomic E-state index is 11.9. The summed E-state index contributed by atoms with van der Waals surface area (Å²) in [6, 6.07) is 6.50. The summed E-state index contributed by atoms with van der Waals surface area (Å²) < 4.78 is 27.4. The molecule has 1 unspecified atom stereocenters. The molecule has 16 heavy (non-hydrogen) atoms. The summed E-state index contributed by atoms with van der Waals surface area (Å²) in [5.74, 6) is 0. The first-order chi connectivity index (χ1) is 7.49. The van der Waals surface area contributed by atoms with Gasteiger partial charge in [0.2, 0.25) is 10.0 Å². The Morgan fingerprint density at radius 1 is 1.38 bits per heavy atom. The van der Waals surface area contributed by atoms with E-state index in [-0.39, 0.29) is 10.9 Å². The number of benzene rings is 1. The smallest absolute Gasteiger partial charge is 0.240 e. The molecule has 1 rings (SSSR count). The first-order valence-corrected chi connectivity index (χ1v) is 7.53. The minimum Gasteiger partial charge on any atom is -0.329 e. The van der Waals surface area contributed by atoms with Gasteiger partial charge in [0.15, 0.2) is 0 Å². The maximum absolute atomic E-state index is 11.9. The zero-order valence-corrected chi connectivity index (χ0v) is 12.0. The third kappa shape index (κ3) is 3.69. The Morgan fingerprint density at radius 3 is 2.38 bits per heavy atom. The van der Waals surface area contributed by atoms with Crippen LogP contribution in [0.5, 0.6) is 0 Å². The summed E-state index contributed by atoms with van der Waals surface area (Å²) in [5.41, 5.74) is 5.46. The molecule has 0 heterocycles. The Balaban J connectivity index is 2.89. The fraction of sp³-hybridized carbons (Fsp3) is 0.400. The van der Waals surface area contributed by atoms with Crippen molar-refractivity contribution in [1.82, 2.24) is 4.72 Å². The van der Waals surface area contributed by atoms with Crippen LogP contribution in [0, 0.1) is 3.57 Å². The van der Waals surface area contributed by atoms with Crippen molar-refractivity contribution >= 4 is 32.6 Å². The van der Waals surface area contributed by atoms with Gasteiger partial charge in [-0.2, -0.15) is 0 Å². The highest BCUT2D eigenvalue weighted by atomic mass is 127. The molecule has 90 valence electrons. The molecule has 3 N–H and O–H groups in total. The van der Waals surface area contributed by atoms with Crippen LogP contribution in [0.15, 0.2) is 29.2 Å². The average Bonchev–Trinajstić information content (AvgIpc) is 2.26. The molecule has 1 aromatic rings. The number of hydrogen-bond acceptors (Lipinski definition) is 3. The first kappa shape index (κ1) is 13.9. The molecular weight excluding hydrogens is 339 g/mol. The Kier molecular flexibility index (Phi) is 5.16. The van der Waals surface area contributed by atoms with Gasteiger partial charge < -0.3 is 5.73 Å². The van der Waals surface area contributed by atoms with E-state index in [1.165, 1.54) is 0 Å². The number of nitrogens with one attached hydrogen (secondary N) is 1. The summed E-state index contributed by atoms with van der Waals surface area (Å²) in [4.78, 5) is 0.278. The van der Waals surface area contributed by atoms with Gasteiger partial charge in [-0.1, -0.05) is 6.92 Å².